The Bertz CT molecular complexity index is 413. The zero-order valence-corrected chi connectivity index (χ0v) is 11.5. The average molecular weight is 299 g/mol. The number of hydrogen-bond acceptors (Lipinski definition) is 4. The smallest absolute Gasteiger partial charge is 0.239 e. The van der Waals surface area contributed by atoms with Crippen LogP contribution in [0.3, 0.4) is 0 Å². The van der Waals surface area contributed by atoms with E-state index in [1.165, 1.54) is 0 Å². The predicted octanol–water partition coefficient (Wildman–Crippen LogP) is 1.26. The molecule has 2 rings (SSSR count). The van der Waals surface area contributed by atoms with E-state index in [4.69, 9.17) is 0 Å². The molecule has 0 radical (unpaired) electrons. The van der Waals surface area contributed by atoms with E-state index in [1.807, 2.05) is 18.9 Å². The van der Waals surface area contributed by atoms with Crippen molar-refractivity contribution in [2.75, 3.05) is 18.5 Å². The van der Waals surface area contributed by atoms with E-state index in [-0.39, 0.29) is 5.91 Å². The molecule has 0 bridgehead atoms. The van der Waals surface area contributed by atoms with E-state index in [9.17, 15) is 4.79 Å². The molecular weight excluding hydrogens is 284 g/mol. The van der Waals surface area contributed by atoms with Gasteiger partial charge in [0.25, 0.3) is 0 Å². The van der Waals surface area contributed by atoms with Crippen LogP contribution in [0.4, 0.5) is 5.82 Å². The van der Waals surface area contributed by atoms with Crippen LogP contribution in [0.25, 0.3) is 0 Å². The molecule has 0 saturated heterocycles. The minimum absolute atomic E-state index is 0.0439. The van der Waals surface area contributed by atoms with Crippen molar-refractivity contribution in [1.29, 1.82) is 0 Å². The van der Waals surface area contributed by atoms with E-state index >= 15 is 0 Å². The van der Waals surface area contributed by atoms with Crippen LogP contribution in [0.1, 0.15) is 18.7 Å². The van der Waals surface area contributed by atoms with Gasteiger partial charge < -0.3 is 10.2 Å². The monoisotopic (exact) mass is 298 g/mol. The highest BCUT2D eigenvalue weighted by Crippen LogP contribution is 2.19. The van der Waals surface area contributed by atoms with Crippen LogP contribution in [-0.4, -0.2) is 35.5 Å². The highest BCUT2D eigenvalue weighted by molar-refractivity contribution is 9.10. The molecule has 1 aliphatic rings. The summed E-state index contributed by atoms with van der Waals surface area (Å²) in [6, 6.07) is 2.20. The molecule has 0 aliphatic heterocycles. The maximum absolute atomic E-state index is 11.6. The number of hydrogen-bond donors (Lipinski definition) is 1. The van der Waals surface area contributed by atoms with Crippen molar-refractivity contribution in [3.63, 3.8) is 0 Å². The Morgan fingerprint density at radius 2 is 2.29 bits per heavy atom. The lowest BCUT2D eigenvalue weighted by Gasteiger charge is -2.18. The molecule has 6 heteroatoms. The van der Waals surface area contributed by atoms with E-state index < -0.39 is 0 Å². The lowest BCUT2D eigenvalue weighted by Crippen LogP contribution is -2.36. The predicted molar refractivity (Wildman–Crippen MR) is 68.9 cm³/mol. The van der Waals surface area contributed by atoms with Gasteiger partial charge in [0.1, 0.15) is 16.2 Å². The molecule has 0 spiro atoms. The Balaban J connectivity index is 1.97. The average Bonchev–Trinajstić information content (AvgIpc) is 2.99. The molecule has 1 aromatic heterocycles. The number of aryl methyl sites for hydroxylation is 1. The summed E-state index contributed by atoms with van der Waals surface area (Å²) >= 11 is 3.32. The van der Waals surface area contributed by atoms with E-state index in [2.05, 4.69) is 31.2 Å². The fraction of sp³-hybridized carbons (Fsp3) is 0.545. The van der Waals surface area contributed by atoms with Gasteiger partial charge in [-0.25, -0.2) is 9.97 Å². The van der Waals surface area contributed by atoms with Gasteiger partial charge in [0.05, 0.1) is 6.54 Å². The molecule has 1 saturated carbocycles. The van der Waals surface area contributed by atoms with Crippen molar-refractivity contribution < 1.29 is 4.79 Å². The van der Waals surface area contributed by atoms with Crippen molar-refractivity contribution in [3.05, 3.63) is 16.5 Å². The molecule has 0 unspecified atom stereocenters. The topological polar surface area (TPSA) is 58.1 Å². The SMILES string of the molecule is Cc1nc(Br)cc(N(C)CC(=O)NC2CC2)n1. The summed E-state index contributed by atoms with van der Waals surface area (Å²) < 4.78 is 0.731. The van der Waals surface area contributed by atoms with Crippen molar-refractivity contribution in [1.82, 2.24) is 15.3 Å². The fourth-order valence-electron chi connectivity index (χ4n) is 1.51. The second kappa shape index (κ2) is 5.00. The maximum Gasteiger partial charge on any atom is 0.239 e. The molecule has 1 heterocycles. The number of nitrogens with zero attached hydrogens (tertiary/aromatic N) is 3. The van der Waals surface area contributed by atoms with Gasteiger partial charge in [0.2, 0.25) is 5.91 Å². The minimum Gasteiger partial charge on any atom is -0.352 e. The van der Waals surface area contributed by atoms with E-state index in [0.717, 1.165) is 23.3 Å². The van der Waals surface area contributed by atoms with Crippen LogP contribution in [0.2, 0.25) is 0 Å². The van der Waals surface area contributed by atoms with Crippen LogP contribution in [0.15, 0.2) is 10.7 Å². The second-order valence-corrected chi connectivity index (χ2v) is 5.11. The van der Waals surface area contributed by atoms with Crippen LogP contribution < -0.4 is 10.2 Å². The molecular formula is C11H15BrN4O. The first kappa shape index (κ1) is 12.3. The van der Waals surface area contributed by atoms with Crippen molar-refractivity contribution in [2.45, 2.75) is 25.8 Å². The summed E-state index contributed by atoms with van der Waals surface area (Å²) in [6.07, 6.45) is 2.21. The molecule has 1 aromatic rings. The summed E-state index contributed by atoms with van der Waals surface area (Å²) in [4.78, 5) is 21.9. The molecule has 0 atom stereocenters. The van der Waals surface area contributed by atoms with Gasteiger partial charge >= 0.3 is 0 Å². The van der Waals surface area contributed by atoms with Gasteiger partial charge in [-0.15, -0.1) is 0 Å². The molecule has 1 amide bonds. The van der Waals surface area contributed by atoms with Gasteiger partial charge in [0.15, 0.2) is 0 Å². The summed E-state index contributed by atoms with van der Waals surface area (Å²) in [6.45, 7) is 2.14. The lowest BCUT2D eigenvalue weighted by atomic mass is 10.4. The third kappa shape index (κ3) is 3.66. The first-order valence-electron chi connectivity index (χ1n) is 5.56. The summed E-state index contributed by atoms with van der Waals surface area (Å²) in [5.74, 6) is 1.47. The molecule has 1 aliphatic carbocycles. The lowest BCUT2D eigenvalue weighted by molar-refractivity contribution is -0.119. The molecule has 92 valence electrons. The first-order chi connectivity index (χ1) is 8.04. The summed E-state index contributed by atoms with van der Waals surface area (Å²) in [7, 11) is 1.85. The summed E-state index contributed by atoms with van der Waals surface area (Å²) in [5, 5.41) is 2.95. The largest absolute Gasteiger partial charge is 0.352 e. The Kier molecular flexibility index (Phi) is 3.61. The standard InChI is InChI=1S/C11H15BrN4O/c1-7-13-9(12)5-10(14-7)16(2)6-11(17)15-8-3-4-8/h5,8H,3-4,6H2,1-2H3,(H,15,17). The van der Waals surface area contributed by atoms with Crippen molar-refractivity contribution >= 4 is 27.7 Å². The molecule has 17 heavy (non-hydrogen) atoms. The van der Waals surface area contributed by atoms with Gasteiger partial charge in [0, 0.05) is 19.2 Å². The number of rotatable bonds is 4. The molecule has 1 N–H and O–H groups in total. The van der Waals surface area contributed by atoms with Crippen LogP contribution in [-0.2, 0) is 4.79 Å². The molecule has 5 nitrogen and oxygen atoms in total. The van der Waals surface area contributed by atoms with Crippen LogP contribution in [0, 0.1) is 6.92 Å². The first-order valence-corrected chi connectivity index (χ1v) is 6.35. The van der Waals surface area contributed by atoms with Gasteiger partial charge in [-0.2, -0.15) is 0 Å². The number of carbonyl (C=O) groups excluding carboxylic acids is 1. The second-order valence-electron chi connectivity index (χ2n) is 4.29. The Morgan fingerprint density at radius 1 is 1.59 bits per heavy atom. The zero-order chi connectivity index (χ0) is 12.4. The van der Waals surface area contributed by atoms with E-state index in [0.29, 0.717) is 18.4 Å². The van der Waals surface area contributed by atoms with Gasteiger partial charge in [-0.05, 0) is 35.7 Å². The normalized spacial score (nSPS) is 14.5. The van der Waals surface area contributed by atoms with Crippen LogP contribution in [0.5, 0.6) is 0 Å². The Hall–Kier alpha value is -1.17. The third-order valence-electron chi connectivity index (χ3n) is 2.51. The van der Waals surface area contributed by atoms with Crippen molar-refractivity contribution in [2.24, 2.45) is 0 Å². The Labute approximate surface area is 109 Å². The Morgan fingerprint density at radius 3 is 2.88 bits per heavy atom. The number of carbonyl (C=O) groups is 1. The summed E-state index contributed by atoms with van der Waals surface area (Å²) in [5.41, 5.74) is 0. The molecule has 0 aromatic carbocycles. The minimum atomic E-state index is 0.0439. The fourth-order valence-corrected chi connectivity index (χ4v) is 1.97. The van der Waals surface area contributed by atoms with E-state index in [1.54, 1.807) is 6.07 Å². The maximum atomic E-state index is 11.6. The molecule has 1 fully saturated rings. The van der Waals surface area contributed by atoms with Crippen molar-refractivity contribution in [3.8, 4) is 0 Å². The number of aromatic nitrogens is 2. The zero-order valence-electron chi connectivity index (χ0n) is 9.90. The number of halogens is 1. The number of amides is 1. The third-order valence-corrected chi connectivity index (χ3v) is 2.91. The number of anilines is 1. The highest BCUT2D eigenvalue weighted by Gasteiger charge is 2.23. The number of nitrogens with one attached hydrogen (secondary N) is 1. The van der Waals surface area contributed by atoms with Gasteiger partial charge in [-0.3, -0.25) is 4.79 Å². The number of likely N-dealkylation sites (N-methyl/N-ethyl adjacent to an activating group) is 1. The van der Waals surface area contributed by atoms with Crippen LogP contribution >= 0.6 is 15.9 Å². The van der Waals surface area contributed by atoms with Gasteiger partial charge in [-0.1, -0.05) is 0 Å². The highest BCUT2D eigenvalue weighted by atomic mass is 79.9. The quantitative estimate of drug-likeness (QED) is 0.851.